The lowest BCUT2D eigenvalue weighted by Gasteiger charge is -2.30. The average molecular weight is 275 g/mol. The molecule has 1 aromatic heterocycles. The van der Waals surface area contributed by atoms with E-state index in [2.05, 4.69) is 0 Å². The summed E-state index contributed by atoms with van der Waals surface area (Å²) < 4.78 is 5.57. The Bertz CT molecular complexity index is 684. The standard InChI is InChI=1S/C15H17NO4/c1-9-10-7-5-6-8-11(10)20-12(9)13(17)16(4)15(2,3)14(18)19/h5-8H,1-4H3,(H,18,19). The molecule has 5 nitrogen and oxygen atoms in total. The zero-order valence-corrected chi connectivity index (χ0v) is 11.9. The molecule has 1 N–H and O–H groups in total. The van der Waals surface area contributed by atoms with Crippen molar-refractivity contribution in [1.29, 1.82) is 0 Å². The molecule has 2 rings (SSSR count). The number of para-hydroxylation sites is 1. The number of likely N-dealkylation sites (N-methyl/N-ethyl adjacent to an activating group) is 1. The van der Waals surface area contributed by atoms with Crippen molar-refractivity contribution in [1.82, 2.24) is 4.90 Å². The summed E-state index contributed by atoms with van der Waals surface area (Å²) in [6.45, 7) is 4.75. The van der Waals surface area contributed by atoms with Crippen LogP contribution in [0.3, 0.4) is 0 Å². The van der Waals surface area contributed by atoms with E-state index >= 15 is 0 Å². The molecule has 0 saturated heterocycles. The van der Waals surface area contributed by atoms with Crippen LogP contribution < -0.4 is 0 Å². The smallest absolute Gasteiger partial charge is 0.329 e. The van der Waals surface area contributed by atoms with E-state index in [0.29, 0.717) is 5.58 Å². The van der Waals surface area contributed by atoms with Crippen LogP contribution in [-0.4, -0.2) is 34.5 Å². The minimum Gasteiger partial charge on any atom is -0.480 e. The van der Waals surface area contributed by atoms with Gasteiger partial charge in [0.15, 0.2) is 5.76 Å². The number of nitrogens with zero attached hydrogens (tertiary/aromatic N) is 1. The highest BCUT2D eigenvalue weighted by Gasteiger charge is 2.37. The van der Waals surface area contributed by atoms with Crippen molar-refractivity contribution in [3.05, 3.63) is 35.6 Å². The Hall–Kier alpha value is -2.30. The van der Waals surface area contributed by atoms with Gasteiger partial charge in [-0.15, -0.1) is 0 Å². The van der Waals surface area contributed by atoms with E-state index in [1.54, 1.807) is 13.0 Å². The minimum atomic E-state index is -1.30. The molecule has 1 heterocycles. The zero-order chi connectivity index (χ0) is 15.1. The highest BCUT2D eigenvalue weighted by molar-refractivity contribution is 6.00. The van der Waals surface area contributed by atoms with Gasteiger partial charge in [0, 0.05) is 18.0 Å². The number of fused-ring (bicyclic) bond motifs is 1. The summed E-state index contributed by atoms with van der Waals surface area (Å²) in [7, 11) is 1.46. The van der Waals surface area contributed by atoms with Gasteiger partial charge in [0.25, 0.3) is 5.91 Å². The number of carboxylic acid groups (broad SMARTS) is 1. The number of hydrogen-bond donors (Lipinski definition) is 1. The maximum Gasteiger partial charge on any atom is 0.329 e. The topological polar surface area (TPSA) is 70.8 Å². The first-order valence-corrected chi connectivity index (χ1v) is 6.26. The third-order valence-corrected chi connectivity index (χ3v) is 3.70. The predicted molar refractivity (Wildman–Crippen MR) is 74.8 cm³/mol. The van der Waals surface area contributed by atoms with Gasteiger partial charge in [-0.25, -0.2) is 4.79 Å². The molecule has 0 atom stereocenters. The van der Waals surface area contributed by atoms with Crippen LogP contribution in [0, 0.1) is 6.92 Å². The number of carbonyl (C=O) groups is 2. The van der Waals surface area contributed by atoms with Gasteiger partial charge in [-0.1, -0.05) is 18.2 Å². The molecule has 0 radical (unpaired) electrons. The van der Waals surface area contributed by atoms with Crippen LogP contribution in [0.15, 0.2) is 28.7 Å². The van der Waals surface area contributed by atoms with Gasteiger partial charge in [-0.2, -0.15) is 0 Å². The number of rotatable bonds is 3. The Morgan fingerprint density at radius 3 is 2.40 bits per heavy atom. The van der Waals surface area contributed by atoms with Crippen LogP contribution in [0.4, 0.5) is 0 Å². The molecular formula is C15H17NO4. The van der Waals surface area contributed by atoms with Crippen LogP contribution in [0.2, 0.25) is 0 Å². The molecule has 20 heavy (non-hydrogen) atoms. The lowest BCUT2D eigenvalue weighted by Crippen LogP contribution is -2.50. The van der Waals surface area contributed by atoms with Crippen molar-refractivity contribution in [3.8, 4) is 0 Å². The summed E-state index contributed by atoms with van der Waals surface area (Å²) in [5.74, 6) is -1.32. The van der Waals surface area contributed by atoms with Gasteiger partial charge in [0.1, 0.15) is 11.1 Å². The van der Waals surface area contributed by atoms with Crippen molar-refractivity contribution in [2.45, 2.75) is 26.3 Å². The van der Waals surface area contributed by atoms with Gasteiger partial charge >= 0.3 is 5.97 Å². The summed E-state index contributed by atoms with van der Waals surface area (Å²) >= 11 is 0. The molecule has 2 aromatic rings. The van der Waals surface area contributed by atoms with Crippen molar-refractivity contribution in [2.75, 3.05) is 7.05 Å². The average Bonchev–Trinajstić information content (AvgIpc) is 2.75. The lowest BCUT2D eigenvalue weighted by molar-refractivity contribution is -0.147. The number of carbonyl (C=O) groups excluding carboxylic acids is 1. The van der Waals surface area contributed by atoms with E-state index in [1.165, 1.54) is 25.8 Å². The molecule has 0 saturated carbocycles. The first-order chi connectivity index (χ1) is 9.26. The molecule has 1 amide bonds. The highest BCUT2D eigenvalue weighted by Crippen LogP contribution is 2.27. The Morgan fingerprint density at radius 2 is 1.85 bits per heavy atom. The van der Waals surface area contributed by atoms with Crippen LogP contribution in [-0.2, 0) is 4.79 Å². The Morgan fingerprint density at radius 1 is 1.25 bits per heavy atom. The molecule has 1 aromatic carbocycles. The zero-order valence-electron chi connectivity index (χ0n) is 11.9. The Balaban J connectivity index is 2.46. The van der Waals surface area contributed by atoms with Crippen molar-refractivity contribution in [2.24, 2.45) is 0 Å². The first kappa shape index (κ1) is 14.1. The molecular weight excluding hydrogens is 258 g/mol. The molecule has 0 aliphatic carbocycles. The SMILES string of the molecule is Cc1c(C(=O)N(C)C(C)(C)C(=O)O)oc2ccccc12. The second-order valence-corrected chi connectivity index (χ2v) is 5.28. The van der Waals surface area contributed by atoms with E-state index in [0.717, 1.165) is 10.9 Å². The van der Waals surface area contributed by atoms with Gasteiger partial charge in [-0.05, 0) is 26.8 Å². The van der Waals surface area contributed by atoms with Crippen molar-refractivity contribution < 1.29 is 19.1 Å². The van der Waals surface area contributed by atoms with Gasteiger partial charge in [-0.3, -0.25) is 4.79 Å². The first-order valence-electron chi connectivity index (χ1n) is 6.26. The van der Waals surface area contributed by atoms with Crippen molar-refractivity contribution >= 4 is 22.8 Å². The van der Waals surface area contributed by atoms with E-state index in [9.17, 15) is 14.7 Å². The fourth-order valence-corrected chi connectivity index (χ4v) is 1.93. The van der Waals surface area contributed by atoms with Crippen LogP contribution in [0.5, 0.6) is 0 Å². The monoisotopic (exact) mass is 275 g/mol. The normalized spacial score (nSPS) is 11.6. The Labute approximate surface area is 116 Å². The molecule has 0 unspecified atom stereocenters. The summed E-state index contributed by atoms with van der Waals surface area (Å²) in [5.41, 5.74) is 0.0381. The number of benzene rings is 1. The Kier molecular flexibility index (Phi) is 3.29. The third-order valence-electron chi connectivity index (χ3n) is 3.70. The van der Waals surface area contributed by atoms with E-state index in [1.807, 2.05) is 18.2 Å². The van der Waals surface area contributed by atoms with Crippen molar-refractivity contribution in [3.63, 3.8) is 0 Å². The number of amides is 1. The summed E-state index contributed by atoms with van der Waals surface area (Å²) in [6, 6.07) is 7.34. The van der Waals surface area contributed by atoms with Gasteiger partial charge < -0.3 is 14.4 Å². The van der Waals surface area contributed by atoms with Gasteiger partial charge in [0.2, 0.25) is 0 Å². The minimum absolute atomic E-state index is 0.183. The highest BCUT2D eigenvalue weighted by atomic mass is 16.4. The van der Waals surface area contributed by atoms with Crippen LogP contribution >= 0.6 is 0 Å². The summed E-state index contributed by atoms with van der Waals surface area (Å²) in [6.07, 6.45) is 0. The summed E-state index contributed by atoms with van der Waals surface area (Å²) in [4.78, 5) is 24.9. The van der Waals surface area contributed by atoms with Crippen LogP contribution in [0.25, 0.3) is 11.0 Å². The van der Waals surface area contributed by atoms with E-state index < -0.39 is 17.4 Å². The lowest BCUT2D eigenvalue weighted by atomic mass is 10.0. The number of aryl methyl sites for hydroxylation is 1. The predicted octanol–water partition coefficient (Wildman–Crippen LogP) is 2.68. The molecule has 5 heteroatoms. The third kappa shape index (κ3) is 2.05. The maximum absolute atomic E-state index is 12.5. The number of aliphatic carboxylic acids is 1. The molecule has 106 valence electrons. The molecule has 0 aliphatic rings. The molecule has 0 spiro atoms. The molecule has 0 fully saturated rings. The van der Waals surface area contributed by atoms with Crippen LogP contribution in [0.1, 0.15) is 30.0 Å². The quantitative estimate of drug-likeness (QED) is 0.934. The molecule has 0 aliphatic heterocycles. The fraction of sp³-hybridized carbons (Fsp3) is 0.333. The van der Waals surface area contributed by atoms with Gasteiger partial charge in [0.05, 0.1) is 0 Å². The number of hydrogen-bond acceptors (Lipinski definition) is 3. The number of furan rings is 1. The van der Waals surface area contributed by atoms with E-state index in [-0.39, 0.29) is 5.76 Å². The second kappa shape index (κ2) is 4.67. The largest absolute Gasteiger partial charge is 0.480 e. The molecule has 0 bridgehead atoms. The second-order valence-electron chi connectivity index (χ2n) is 5.28. The maximum atomic E-state index is 12.5. The summed E-state index contributed by atoms with van der Waals surface area (Å²) in [5, 5.41) is 10.1. The number of carboxylic acids is 1. The van der Waals surface area contributed by atoms with E-state index in [4.69, 9.17) is 4.42 Å². The fourth-order valence-electron chi connectivity index (χ4n) is 1.93.